The molecule has 0 aliphatic carbocycles. The van der Waals surface area contributed by atoms with Gasteiger partial charge in [-0.2, -0.15) is 0 Å². The number of hydrogen-bond acceptors (Lipinski definition) is 2. The van der Waals surface area contributed by atoms with Gasteiger partial charge >= 0.3 is 0 Å². The summed E-state index contributed by atoms with van der Waals surface area (Å²) in [5.41, 5.74) is 4.58. The number of benzene rings is 5. The molecule has 0 bridgehead atoms. The van der Waals surface area contributed by atoms with Crippen molar-refractivity contribution in [3.05, 3.63) is 108 Å². The molecule has 30 heavy (non-hydrogen) atoms. The summed E-state index contributed by atoms with van der Waals surface area (Å²) in [5.74, 6) is 0. The molecule has 2 nitrogen and oxygen atoms in total. The number of hydrogen-bond donors (Lipinski definition) is 0. The van der Waals surface area contributed by atoms with Crippen molar-refractivity contribution in [2.45, 2.75) is 0 Å². The highest BCUT2D eigenvalue weighted by Crippen LogP contribution is 2.37. The fraction of sp³-hybridized carbons (Fsp3) is 0. The molecule has 0 aliphatic heterocycles. The Morgan fingerprint density at radius 1 is 0.433 bits per heavy atom. The zero-order valence-corrected chi connectivity index (χ0v) is 16.2. The highest BCUT2D eigenvalue weighted by molar-refractivity contribution is 6.06. The van der Waals surface area contributed by atoms with Crippen molar-refractivity contribution in [1.82, 2.24) is 0 Å². The number of carbonyl (C=O) groups is 2. The second kappa shape index (κ2) is 7.41. The molecular formula is C28H18O2. The summed E-state index contributed by atoms with van der Waals surface area (Å²) in [6.45, 7) is 0. The lowest BCUT2D eigenvalue weighted by Gasteiger charge is -2.15. The Morgan fingerprint density at radius 2 is 0.833 bits per heavy atom. The van der Waals surface area contributed by atoms with E-state index in [0.29, 0.717) is 11.1 Å². The van der Waals surface area contributed by atoms with Gasteiger partial charge in [0.1, 0.15) is 0 Å². The summed E-state index contributed by atoms with van der Waals surface area (Å²) >= 11 is 0. The van der Waals surface area contributed by atoms with Crippen LogP contribution in [-0.4, -0.2) is 12.6 Å². The standard InChI is InChI=1S/C28H18O2/c29-17-21-16-28(26-14-6-10-20-8-2-4-12-24(20)26)22(18-30)15-27(21)25-13-5-9-19-7-1-3-11-23(19)25/h1-18H. The molecule has 0 fully saturated rings. The van der Waals surface area contributed by atoms with Crippen LogP contribution in [0.1, 0.15) is 20.7 Å². The van der Waals surface area contributed by atoms with Crippen LogP contribution < -0.4 is 0 Å². The van der Waals surface area contributed by atoms with Gasteiger partial charge in [-0.15, -0.1) is 0 Å². The maximum absolute atomic E-state index is 12.1. The first-order valence-corrected chi connectivity index (χ1v) is 9.85. The molecule has 2 heteroatoms. The molecule has 142 valence electrons. The molecular weight excluding hydrogens is 368 g/mol. The lowest BCUT2D eigenvalue weighted by Crippen LogP contribution is -1.96. The van der Waals surface area contributed by atoms with Crippen molar-refractivity contribution in [2.75, 3.05) is 0 Å². The van der Waals surface area contributed by atoms with E-state index in [1.165, 1.54) is 0 Å². The van der Waals surface area contributed by atoms with Gasteiger partial charge in [-0.25, -0.2) is 0 Å². The number of rotatable bonds is 4. The maximum atomic E-state index is 12.1. The zero-order chi connectivity index (χ0) is 20.5. The van der Waals surface area contributed by atoms with Gasteiger partial charge in [0.2, 0.25) is 0 Å². The molecule has 0 aromatic heterocycles. The molecule has 0 unspecified atom stereocenters. The van der Waals surface area contributed by atoms with Crippen molar-refractivity contribution in [3.8, 4) is 22.3 Å². The molecule has 5 aromatic rings. The van der Waals surface area contributed by atoms with Crippen LogP contribution in [0.3, 0.4) is 0 Å². The molecule has 0 saturated carbocycles. The van der Waals surface area contributed by atoms with E-state index in [2.05, 4.69) is 0 Å². The number of aldehydes is 2. The topological polar surface area (TPSA) is 34.1 Å². The van der Waals surface area contributed by atoms with E-state index in [0.717, 1.165) is 56.4 Å². The molecule has 5 rings (SSSR count). The van der Waals surface area contributed by atoms with E-state index in [-0.39, 0.29) is 0 Å². The van der Waals surface area contributed by atoms with Crippen LogP contribution in [0.2, 0.25) is 0 Å². The molecule has 0 heterocycles. The largest absolute Gasteiger partial charge is 0.298 e. The Balaban J connectivity index is 1.81. The minimum absolute atomic E-state index is 0.569. The average Bonchev–Trinajstić information content (AvgIpc) is 2.82. The predicted octanol–water partition coefficient (Wildman–Crippen LogP) is 6.95. The minimum Gasteiger partial charge on any atom is -0.298 e. The quantitative estimate of drug-likeness (QED) is 0.313. The normalized spacial score (nSPS) is 10.9. The molecule has 0 amide bonds. The first-order chi connectivity index (χ1) is 14.8. The van der Waals surface area contributed by atoms with Gasteiger partial charge < -0.3 is 0 Å². The van der Waals surface area contributed by atoms with Crippen LogP contribution in [0, 0.1) is 0 Å². The summed E-state index contributed by atoms with van der Waals surface area (Å²) in [7, 11) is 0. The molecule has 0 N–H and O–H groups in total. The lowest BCUT2D eigenvalue weighted by molar-refractivity contribution is 0.111. The zero-order valence-electron chi connectivity index (χ0n) is 16.2. The maximum Gasteiger partial charge on any atom is 0.150 e. The van der Waals surface area contributed by atoms with E-state index < -0.39 is 0 Å². The third-order valence-electron chi connectivity index (χ3n) is 5.64. The third-order valence-corrected chi connectivity index (χ3v) is 5.64. The molecule has 0 saturated heterocycles. The van der Waals surface area contributed by atoms with Gasteiger partial charge in [0.15, 0.2) is 12.6 Å². The average molecular weight is 386 g/mol. The minimum atomic E-state index is 0.569. The molecule has 0 atom stereocenters. The van der Waals surface area contributed by atoms with Gasteiger partial charge in [-0.1, -0.05) is 84.9 Å². The Labute approximate surface area is 174 Å². The van der Waals surface area contributed by atoms with Crippen LogP contribution in [0.25, 0.3) is 43.8 Å². The predicted molar refractivity (Wildman–Crippen MR) is 123 cm³/mol. The van der Waals surface area contributed by atoms with Gasteiger partial charge in [-0.3, -0.25) is 9.59 Å². The monoisotopic (exact) mass is 386 g/mol. The first-order valence-electron chi connectivity index (χ1n) is 9.85. The smallest absolute Gasteiger partial charge is 0.150 e. The van der Waals surface area contributed by atoms with Gasteiger partial charge in [0, 0.05) is 11.1 Å². The van der Waals surface area contributed by atoms with Gasteiger partial charge in [-0.05, 0) is 55.9 Å². The third kappa shape index (κ3) is 2.90. The molecule has 5 aromatic carbocycles. The van der Waals surface area contributed by atoms with Crippen molar-refractivity contribution < 1.29 is 9.59 Å². The summed E-state index contributed by atoms with van der Waals surface area (Å²) in [6, 6.07) is 31.9. The fourth-order valence-corrected chi connectivity index (χ4v) is 4.22. The second-order valence-electron chi connectivity index (χ2n) is 7.32. The highest BCUT2D eigenvalue weighted by atomic mass is 16.1. The molecule has 0 aliphatic rings. The van der Waals surface area contributed by atoms with Gasteiger partial charge in [0.05, 0.1) is 0 Å². The fourth-order valence-electron chi connectivity index (χ4n) is 4.22. The summed E-state index contributed by atoms with van der Waals surface area (Å²) < 4.78 is 0. The van der Waals surface area contributed by atoms with Crippen molar-refractivity contribution in [3.63, 3.8) is 0 Å². The van der Waals surface area contributed by atoms with E-state index in [1.54, 1.807) is 0 Å². The summed E-state index contributed by atoms with van der Waals surface area (Å²) in [5, 5.41) is 4.30. The van der Waals surface area contributed by atoms with Crippen LogP contribution in [0.5, 0.6) is 0 Å². The Hall–Kier alpha value is -4.04. The van der Waals surface area contributed by atoms with Crippen molar-refractivity contribution >= 4 is 34.1 Å². The van der Waals surface area contributed by atoms with Crippen molar-refractivity contribution in [1.29, 1.82) is 0 Å². The molecule has 0 radical (unpaired) electrons. The molecule has 0 spiro atoms. The van der Waals surface area contributed by atoms with Gasteiger partial charge in [0.25, 0.3) is 0 Å². The van der Waals surface area contributed by atoms with Crippen LogP contribution in [0.4, 0.5) is 0 Å². The van der Waals surface area contributed by atoms with E-state index in [4.69, 9.17) is 0 Å². The highest BCUT2D eigenvalue weighted by Gasteiger charge is 2.15. The van der Waals surface area contributed by atoms with Crippen molar-refractivity contribution in [2.24, 2.45) is 0 Å². The summed E-state index contributed by atoms with van der Waals surface area (Å²) in [6.07, 6.45) is 1.75. The number of carbonyl (C=O) groups excluding carboxylic acids is 2. The SMILES string of the molecule is O=Cc1cc(-c2cccc3ccccc23)c(C=O)cc1-c1cccc2ccccc12. The Morgan fingerprint density at radius 3 is 1.27 bits per heavy atom. The Bertz CT molecular complexity index is 1310. The van der Waals surface area contributed by atoms with E-state index in [9.17, 15) is 9.59 Å². The Kier molecular flexibility index (Phi) is 4.45. The van der Waals surface area contributed by atoms with Crippen LogP contribution >= 0.6 is 0 Å². The van der Waals surface area contributed by atoms with E-state index >= 15 is 0 Å². The van der Waals surface area contributed by atoms with Crippen LogP contribution in [-0.2, 0) is 0 Å². The summed E-state index contributed by atoms with van der Waals surface area (Å²) in [4.78, 5) is 24.2. The second-order valence-corrected chi connectivity index (χ2v) is 7.32. The van der Waals surface area contributed by atoms with Crippen LogP contribution in [0.15, 0.2) is 97.1 Å². The lowest BCUT2D eigenvalue weighted by atomic mass is 9.88. The van der Waals surface area contributed by atoms with E-state index in [1.807, 2.05) is 97.1 Å². The number of fused-ring (bicyclic) bond motifs is 2. The first kappa shape index (κ1) is 18.0.